The Morgan fingerprint density at radius 1 is 1.62 bits per heavy atom. The fourth-order valence-electron chi connectivity index (χ4n) is 0.911. The monoisotopic (exact) mass is 362 g/mol. The lowest BCUT2D eigenvalue weighted by Gasteiger charge is -2.09. The lowest BCUT2D eigenvalue weighted by Crippen LogP contribution is -2.05. The number of rotatable bonds is 2. The van der Waals surface area contributed by atoms with Gasteiger partial charge < -0.3 is 5.73 Å². The normalized spacial score (nSPS) is 10.9. The molecule has 1 heterocycles. The summed E-state index contributed by atoms with van der Waals surface area (Å²) in [5, 5.41) is 0. The van der Waals surface area contributed by atoms with E-state index < -0.39 is 6.43 Å². The van der Waals surface area contributed by atoms with Crippen molar-refractivity contribution in [1.82, 2.24) is 4.98 Å². The van der Waals surface area contributed by atoms with Crippen LogP contribution in [0.2, 0.25) is 0 Å². The quantitative estimate of drug-likeness (QED) is 0.649. The van der Waals surface area contributed by atoms with Crippen molar-refractivity contribution in [1.29, 1.82) is 0 Å². The van der Waals surface area contributed by atoms with E-state index in [2.05, 4.69) is 20.9 Å². The highest BCUT2D eigenvalue weighted by atomic mass is 127. The van der Waals surface area contributed by atoms with Crippen LogP contribution in [0.5, 0.6) is 0 Å². The van der Waals surface area contributed by atoms with E-state index in [9.17, 15) is 8.78 Å². The summed E-state index contributed by atoms with van der Waals surface area (Å²) in [7, 11) is 0. The maximum absolute atomic E-state index is 12.5. The predicted molar refractivity (Wildman–Crippen MR) is 57.5 cm³/mol. The molecular formula is C7H6BrF2IN2. The van der Waals surface area contributed by atoms with Crippen molar-refractivity contribution in [3.8, 4) is 0 Å². The molecule has 1 aromatic heterocycles. The van der Waals surface area contributed by atoms with Crippen molar-refractivity contribution in [2.24, 2.45) is 5.73 Å². The van der Waals surface area contributed by atoms with Gasteiger partial charge in [0.05, 0.1) is 3.57 Å². The second-order valence-electron chi connectivity index (χ2n) is 2.31. The molecule has 0 aliphatic heterocycles. The summed E-state index contributed by atoms with van der Waals surface area (Å²) in [5.41, 5.74) is 5.68. The largest absolute Gasteiger partial charge is 0.326 e. The minimum absolute atomic E-state index is 0.0232. The van der Waals surface area contributed by atoms with Gasteiger partial charge in [0.15, 0.2) is 0 Å². The van der Waals surface area contributed by atoms with E-state index in [1.54, 1.807) is 0 Å². The average molecular weight is 363 g/mol. The van der Waals surface area contributed by atoms with Crippen molar-refractivity contribution in [3.63, 3.8) is 0 Å². The Morgan fingerprint density at radius 3 is 2.69 bits per heavy atom. The molecule has 0 aromatic carbocycles. The SMILES string of the molecule is NCc1cnc(Br)c(I)c1C(F)F. The van der Waals surface area contributed by atoms with E-state index in [4.69, 9.17) is 5.73 Å². The van der Waals surface area contributed by atoms with Gasteiger partial charge in [-0.1, -0.05) is 0 Å². The fourth-order valence-corrected chi connectivity index (χ4v) is 1.95. The van der Waals surface area contributed by atoms with Gasteiger partial charge in [-0.25, -0.2) is 13.8 Å². The minimum atomic E-state index is -2.51. The molecule has 2 nitrogen and oxygen atoms in total. The second-order valence-corrected chi connectivity index (χ2v) is 4.14. The van der Waals surface area contributed by atoms with Crippen molar-refractivity contribution < 1.29 is 8.78 Å². The third-order valence-corrected chi connectivity index (χ3v) is 3.97. The third kappa shape index (κ3) is 2.35. The second kappa shape index (κ2) is 4.61. The predicted octanol–water partition coefficient (Wildman–Crippen LogP) is 2.85. The zero-order valence-electron chi connectivity index (χ0n) is 6.40. The van der Waals surface area contributed by atoms with Crippen LogP contribution < -0.4 is 5.73 Å². The summed E-state index contributed by atoms with van der Waals surface area (Å²) >= 11 is 4.91. The number of hydrogen-bond donors (Lipinski definition) is 1. The molecule has 1 aromatic rings. The molecule has 0 atom stereocenters. The molecule has 0 spiro atoms. The summed E-state index contributed by atoms with van der Waals surface area (Å²) in [6, 6.07) is 0. The van der Waals surface area contributed by atoms with E-state index in [0.717, 1.165) is 0 Å². The van der Waals surface area contributed by atoms with Crippen LogP contribution in [0.3, 0.4) is 0 Å². The summed E-state index contributed by atoms with van der Waals surface area (Å²) < 4.78 is 26.0. The zero-order chi connectivity index (χ0) is 10.0. The van der Waals surface area contributed by atoms with Crippen molar-refractivity contribution >= 4 is 38.5 Å². The molecule has 0 bridgehead atoms. The first kappa shape index (κ1) is 11.3. The van der Waals surface area contributed by atoms with Crippen LogP contribution in [0.15, 0.2) is 10.8 Å². The Bertz CT molecular complexity index is 320. The van der Waals surface area contributed by atoms with Gasteiger partial charge in [0, 0.05) is 18.3 Å². The van der Waals surface area contributed by atoms with Crippen molar-refractivity contribution in [2.45, 2.75) is 13.0 Å². The minimum Gasteiger partial charge on any atom is -0.326 e. The molecule has 6 heteroatoms. The fraction of sp³-hybridized carbons (Fsp3) is 0.286. The zero-order valence-corrected chi connectivity index (χ0v) is 10.1. The van der Waals surface area contributed by atoms with Gasteiger partial charge in [-0.3, -0.25) is 0 Å². The van der Waals surface area contributed by atoms with Crippen molar-refractivity contribution in [3.05, 3.63) is 25.5 Å². The van der Waals surface area contributed by atoms with Crippen LogP contribution in [-0.2, 0) is 6.54 Å². The Morgan fingerprint density at radius 2 is 2.23 bits per heavy atom. The highest BCUT2D eigenvalue weighted by Crippen LogP contribution is 2.31. The summed E-state index contributed by atoms with van der Waals surface area (Å²) in [6.45, 7) is 0.0793. The first-order valence-corrected chi connectivity index (χ1v) is 5.26. The van der Waals surface area contributed by atoms with Crippen LogP contribution >= 0.6 is 38.5 Å². The van der Waals surface area contributed by atoms with Gasteiger partial charge in [0.25, 0.3) is 6.43 Å². The van der Waals surface area contributed by atoms with Gasteiger partial charge in [-0.05, 0) is 44.1 Å². The molecule has 1 rings (SSSR count). The summed E-state index contributed by atoms with van der Waals surface area (Å²) in [4.78, 5) is 3.89. The molecule has 0 saturated carbocycles. The Labute approximate surface area is 96.2 Å². The molecule has 2 N–H and O–H groups in total. The Kier molecular flexibility index (Phi) is 3.99. The first-order chi connectivity index (χ1) is 6.07. The van der Waals surface area contributed by atoms with Gasteiger partial charge >= 0.3 is 0 Å². The number of nitrogens with zero attached hydrogens (tertiary/aromatic N) is 1. The maximum atomic E-state index is 12.5. The van der Waals surface area contributed by atoms with Gasteiger partial charge in [-0.2, -0.15) is 0 Å². The third-order valence-electron chi connectivity index (χ3n) is 1.54. The number of halogens is 4. The van der Waals surface area contributed by atoms with E-state index in [0.29, 0.717) is 13.7 Å². The van der Waals surface area contributed by atoms with Crippen LogP contribution in [0.4, 0.5) is 8.78 Å². The number of aromatic nitrogens is 1. The van der Waals surface area contributed by atoms with Gasteiger partial charge in [-0.15, -0.1) is 0 Å². The molecule has 13 heavy (non-hydrogen) atoms. The molecule has 0 amide bonds. The highest BCUT2D eigenvalue weighted by molar-refractivity contribution is 14.1. The Hall–Kier alpha value is 0.180. The van der Waals surface area contributed by atoms with E-state index in [-0.39, 0.29) is 12.1 Å². The van der Waals surface area contributed by atoms with E-state index >= 15 is 0 Å². The molecule has 0 radical (unpaired) electrons. The van der Waals surface area contributed by atoms with Crippen LogP contribution in [-0.4, -0.2) is 4.98 Å². The number of pyridine rings is 1. The number of alkyl halides is 2. The molecule has 0 fully saturated rings. The number of hydrogen-bond acceptors (Lipinski definition) is 2. The van der Waals surface area contributed by atoms with Crippen LogP contribution in [0.25, 0.3) is 0 Å². The summed E-state index contributed by atoms with van der Waals surface area (Å²) in [6.07, 6.45) is -1.14. The number of nitrogens with two attached hydrogens (primary N) is 1. The van der Waals surface area contributed by atoms with Crippen molar-refractivity contribution in [2.75, 3.05) is 0 Å². The highest BCUT2D eigenvalue weighted by Gasteiger charge is 2.18. The molecular weight excluding hydrogens is 357 g/mol. The lowest BCUT2D eigenvalue weighted by atomic mass is 10.1. The lowest BCUT2D eigenvalue weighted by molar-refractivity contribution is 0.149. The standard InChI is InChI=1S/C7H6BrF2IN2/c8-6-5(11)4(7(9)10)3(1-12)2-13-6/h2,7H,1,12H2. The average Bonchev–Trinajstić information content (AvgIpc) is 2.08. The van der Waals surface area contributed by atoms with Gasteiger partial charge in [0.2, 0.25) is 0 Å². The molecule has 0 unspecified atom stereocenters. The van der Waals surface area contributed by atoms with Crippen LogP contribution in [0.1, 0.15) is 17.6 Å². The molecule has 0 aliphatic rings. The van der Waals surface area contributed by atoms with Gasteiger partial charge in [0.1, 0.15) is 4.60 Å². The topological polar surface area (TPSA) is 38.9 Å². The molecule has 72 valence electrons. The van der Waals surface area contributed by atoms with E-state index in [1.807, 2.05) is 22.6 Å². The van der Waals surface area contributed by atoms with Crippen LogP contribution in [0, 0.1) is 3.57 Å². The Balaban J connectivity index is 3.32. The smallest absolute Gasteiger partial charge is 0.265 e. The van der Waals surface area contributed by atoms with E-state index in [1.165, 1.54) is 6.20 Å². The first-order valence-electron chi connectivity index (χ1n) is 3.39. The molecule has 0 saturated heterocycles. The summed E-state index contributed by atoms with van der Waals surface area (Å²) in [5.74, 6) is 0. The molecule has 0 aliphatic carbocycles. The maximum Gasteiger partial charge on any atom is 0.265 e.